The van der Waals surface area contributed by atoms with E-state index in [1.807, 2.05) is 24.3 Å². The third-order valence-corrected chi connectivity index (χ3v) is 9.93. The van der Waals surface area contributed by atoms with Gasteiger partial charge in [-0.15, -0.1) is 0 Å². The van der Waals surface area contributed by atoms with E-state index in [1.54, 1.807) is 7.11 Å². The van der Waals surface area contributed by atoms with Crippen molar-refractivity contribution in [3.05, 3.63) is 65.7 Å². The third-order valence-electron chi connectivity index (χ3n) is 9.93. The number of urea groups is 1. The lowest BCUT2D eigenvalue weighted by Gasteiger charge is -2.39. The average molecular weight is 545 g/mol. The van der Waals surface area contributed by atoms with Gasteiger partial charge >= 0.3 is 6.03 Å². The van der Waals surface area contributed by atoms with E-state index >= 15 is 0 Å². The Kier molecular flexibility index (Phi) is 8.12. The van der Waals surface area contributed by atoms with Gasteiger partial charge < -0.3 is 19.9 Å². The number of likely N-dealkylation sites (tertiary alicyclic amines) is 2. The summed E-state index contributed by atoms with van der Waals surface area (Å²) < 4.78 is 5.23. The van der Waals surface area contributed by atoms with Crippen LogP contribution in [-0.4, -0.2) is 78.6 Å². The van der Waals surface area contributed by atoms with Gasteiger partial charge in [0.05, 0.1) is 13.7 Å². The van der Waals surface area contributed by atoms with E-state index < -0.39 is 5.54 Å². The number of carbonyl (C=O) groups is 2. The predicted octanol–water partition coefficient (Wildman–Crippen LogP) is 4.88. The minimum absolute atomic E-state index is 0.0744. The van der Waals surface area contributed by atoms with Crippen molar-refractivity contribution < 1.29 is 14.3 Å². The first-order chi connectivity index (χ1) is 19.5. The Labute approximate surface area is 238 Å². The van der Waals surface area contributed by atoms with Crippen molar-refractivity contribution in [1.82, 2.24) is 20.0 Å². The van der Waals surface area contributed by atoms with Crippen LogP contribution in [0.5, 0.6) is 5.75 Å². The molecular formula is C33H44N4O3. The molecule has 3 heterocycles. The summed E-state index contributed by atoms with van der Waals surface area (Å²) in [5.41, 5.74) is 1.62. The number of amides is 3. The quantitative estimate of drug-likeness (QED) is 0.480. The number of nitrogens with zero attached hydrogens (tertiary/aromatic N) is 3. The molecule has 6 rings (SSSR count). The van der Waals surface area contributed by atoms with Crippen LogP contribution in [0.4, 0.5) is 4.79 Å². The summed E-state index contributed by atoms with van der Waals surface area (Å²) in [6.45, 7) is 6.56. The normalized spacial score (nSPS) is 26.0. The summed E-state index contributed by atoms with van der Waals surface area (Å²) >= 11 is 0. The van der Waals surface area contributed by atoms with Gasteiger partial charge in [0.15, 0.2) is 0 Å². The minimum Gasteiger partial charge on any atom is -0.497 e. The highest BCUT2D eigenvalue weighted by Crippen LogP contribution is 2.37. The third kappa shape index (κ3) is 5.77. The van der Waals surface area contributed by atoms with Crippen molar-refractivity contribution in [2.45, 2.75) is 62.9 Å². The lowest BCUT2D eigenvalue weighted by molar-refractivity contribution is -0.133. The smallest absolute Gasteiger partial charge is 0.325 e. The van der Waals surface area contributed by atoms with E-state index in [0.717, 1.165) is 50.0 Å². The zero-order chi connectivity index (χ0) is 27.5. The van der Waals surface area contributed by atoms with Crippen LogP contribution in [0.1, 0.15) is 62.0 Å². The molecule has 1 aliphatic carbocycles. The van der Waals surface area contributed by atoms with Gasteiger partial charge in [-0.3, -0.25) is 9.69 Å². The summed E-state index contributed by atoms with van der Waals surface area (Å²) in [6, 6.07) is 18.3. The van der Waals surface area contributed by atoms with Gasteiger partial charge in [0.1, 0.15) is 11.3 Å². The molecule has 3 amide bonds. The van der Waals surface area contributed by atoms with Crippen molar-refractivity contribution in [3.8, 4) is 5.75 Å². The fraction of sp³-hybridized carbons (Fsp3) is 0.576. The van der Waals surface area contributed by atoms with E-state index in [4.69, 9.17) is 4.74 Å². The maximum absolute atomic E-state index is 13.5. The van der Waals surface area contributed by atoms with Crippen LogP contribution in [0, 0.1) is 11.8 Å². The summed E-state index contributed by atoms with van der Waals surface area (Å²) in [5.74, 6) is 2.68. The van der Waals surface area contributed by atoms with Crippen LogP contribution in [0.25, 0.3) is 0 Å². The zero-order valence-electron chi connectivity index (χ0n) is 23.9. The molecule has 0 bridgehead atoms. The molecule has 40 heavy (non-hydrogen) atoms. The van der Waals surface area contributed by atoms with Gasteiger partial charge in [-0.25, -0.2) is 4.79 Å². The fourth-order valence-electron chi connectivity index (χ4n) is 7.63. The Hall–Kier alpha value is -2.90. The molecule has 1 N–H and O–H groups in total. The predicted molar refractivity (Wildman–Crippen MR) is 156 cm³/mol. The molecule has 3 aliphatic heterocycles. The molecular weight excluding hydrogens is 500 g/mol. The van der Waals surface area contributed by atoms with Gasteiger partial charge in [-0.1, -0.05) is 61.7 Å². The number of hydrogen-bond acceptors (Lipinski definition) is 5. The maximum atomic E-state index is 13.5. The number of nitrogens with one attached hydrogen (secondary N) is 1. The fourth-order valence-corrected chi connectivity index (χ4v) is 7.63. The molecule has 3 saturated heterocycles. The Morgan fingerprint density at radius 3 is 2.30 bits per heavy atom. The van der Waals surface area contributed by atoms with Gasteiger partial charge in [0, 0.05) is 45.2 Å². The second-order valence-corrected chi connectivity index (χ2v) is 12.6. The number of piperidine rings is 1. The molecule has 0 radical (unpaired) electrons. The van der Waals surface area contributed by atoms with Crippen LogP contribution < -0.4 is 10.1 Å². The highest BCUT2D eigenvalue weighted by molar-refractivity contribution is 6.07. The SMILES string of the molecule is COc1ccc(CN2C(=O)NC3(CCN(CC4CN(CC5CCCCC5)CC4c4ccccc4)CC3)C2=O)cc1. The molecule has 2 unspecified atom stereocenters. The number of methoxy groups -OCH3 is 1. The number of carbonyl (C=O) groups excluding carboxylic acids is 2. The summed E-state index contributed by atoms with van der Waals surface area (Å²) in [6.07, 6.45) is 8.32. The largest absolute Gasteiger partial charge is 0.497 e. The first-order valence-electron chi connectivity index (χ1n) is 15.3. The maximum Gasteiger partial charge on any atom is 0.325 e. The standard InChI is InChI=1S/C33H44N4O3/c1-40-29-14-12-26(13-15-29)21-37-31(38)33(34-32(37)39)16-18-35(19-17-33)22-28-23-36(20-25-8-4-2-5-9-25)24-30(28)27-10-6-3-7-11-27/h3,6-7,10-15,25,28,30H,2,4-5,8-9,16-24H2,1H3,(H,34,39). The van der Waals surface area contributed by atoms with Crippen LogP contribution in [0.15, 0.2) is 54.6 Å². The Balaban J connectivity index is 1.07. The summed E-state index contributed by atoms with van der Waals surface area (Å²) in [5, 5.41) is 3.09. The van der Waals surface area contributed by atoms with E-state index in [-0.39, 0.29) is 18.5 Å². The Morgan fingerprint density at radius 2 is 1.60 bits per heavy atom. The highest BCUT2D eigenvalue weighted by atomic mass is 16.5. The molecule has 1 spiro atoms. The number of imide groups is 1. The topological polar surface area (TPSA) is 65.1 Å². The molecule has 0 aromatic heterocycles. The Bertz CT molecular complexity index is 1160. The second kappa shape index (κ2) is 11.9. The van der Waals surface area contributed by atoms with Gasteiger partial charge in [-0.05, 0) is 60.8 Å². The number of rotatable bonds is 8. The van der Waals surface area contributed by atoms with E-state index in [1.165, 1.54) is 49.1 Å². The van der Waals surface area contributed by atoms with Gasteiger partial charge in [-0.2, -0.15) is 0 Å². The van der Waals surface area contributed by atoms with Crippen molar-refractivity contribution in [1.29, 1.82) is 0 Å². The lowest BCUT2D eigenvalue weighted by Crippen LogP contribution is -2.55. The number of hydrogen-bond donors (Lipinski definition) is 1. The van der Waals surface area contributed by atoms with Crippen LogP contribution in [0.2, 0.25) is 0 Å². The first-order valence-corrected chi connectivity index (χ1v) is 15.3. The van der Waals surface area contributed by atoms with Gasteiger partial charge in [0.25, 0.3) is 5.91 Å². The lowest BCUT2D eigenvalue weighted by atomic mass is 9.85. The number of benzene rings is 2. The molecule has 2 atom stereocenters. The first kappa shape index (κ1) is 27.3. The molecule has 7 heteroatoms. The van der Waals surface area contributed by atoms with E-state index in [0.29, 0.717) is 24.7 Å². The molecule has 214 valence electrons. The highest BCUT2D eigenvalue weighted by Gasteiger charge is 2.52. The molecule has 2 aromatic carbocycles. The summed E-state index contributed by atoms with van der Waals surface area (Å²) in [7, 11) is 1.63. The van der Waals surface area contributed by atoms with Gasteiger partial charge in [0.2, 0.25) is 0 Å². The Morgan fingerprint density at radius 1 is 0.875 bits per heavy atom. The van der Waals surface area contributed by atoms with Crippen LogP contribution in [0.3, 0.4) is 0 Å². The zero-order valence-corrected chi connectivity index (χ0v) is 23.9. The van der Waals surface area contributed by atoms with Crippen molar-refractivity contribution in [2.75, 3.05) is 46.4 Å². The molecule has 4 aliphatic rings. The number of ether oxygens (including phenoxy) is 1. The molecule has 7 nitrogen and oxygen atoms in total. The van der Waals surface area contributed by atoms with Crippen molar-refractivity contribution >= 4 is 11.9 Å². The molecule has 2 aromatic rings. The van der Waals surface area contributed by atoms with Crippen molar-refractivity contribution in [2.24, 2.45) is 11.8 Å². The van der Waals surface area contributed by atoms with Crippen LogP contribution >= 0.6 is 0 Å². The van der Waals surface area contributed by atoms with E-state index in [9.17, 15) is 9.59 Å². The molecule has 1 saturated carbocycles. The summed E-state index contributed by atoms with van der Waals surface area (Å²) in [4.78, 5) is 33.1. The molecule has 4 fully saturated rings. The van der Waals surface area contributed by atoms with Crippen molar-refractivity contribution in [3.63, 3.8) is 0 Å². The minimum atomic E-state index is -0.762. The van der Waals surface area contributed by atoms with Crippen LogP contribution in [-0.2, 0) is 11.3 Å². The van der Waals surface area contributed by atoms with E-state index in [2.05, 4.69) is 45.4 Å². The monoisotopic (exact) mass is 544 g/mol. The average Bonchev–Trinajstić information content (AvgIpc) is 3.49. The second-order valence-electron chi connectivity index (χ2n) is 12.6.